The van der Waals surface area contributed by atoms with E-state index in [4.69, 9.17) is 28.7 Å². The van der Waals surface area contributed by atoms with Crippen molar-refractivity contribution in [1.29, 1.82) is 0 Å². The number of carbonyl (C=O) groups is 3. The van der Waals surface area contributed by atoms with Gasteiger partial charge in [0.25, 0.3) is 5.91 Å². The molecule has 344 valence electrons. The van der Waals surface area contributed by atoms with Crippen LogP contribution in [0.15, 0.2) is 30.5 Å². The van der Waals surface area contributed by atoms with Gasteiger partial charge in [-0.15, -0.1) is 0 Å². The number of ether oxygens (including phenoxy) is 5. The maximum absolute atomic E-state index is 14.2. The van der Waals surface area contributed by atoms with Gasteiger partial charge in [0.1, 0.15) is 17.7 Å². The first-order valence-electron chi connectivity index (χ1n) is 23.0. The number of hydrogen-bond acceptors (Lipinski definition) is 13. The van der Waals surface area contributed by atoms with Gasteiger partial charge in [0.05, 0.1) is 67.9 Å². The first-order chi connectivity index (χ1) is 30.1. The van der Waals surface area contributed by atoms with E-state index in [-0.39, 0.29) is 31.1 Å². The number of carbonyl (C=O) groups excluding carboxylic acids is 3. The number of hydrazine groups is 1. The molecule has 0 unspecified atom stereocenters. The Hall–Kier alpha value is -4.48. The number of nitrogens with one attached hydrogen (secondary N) is 2. The third-order valence-electron chi connectivity index (χ3n) is 13.2. The van der Waals surface area contributed by atoms with Gasteiger partial charge in [-0.3, -0.25) is 24.5 Å². The van der Waals surface area contributed by atoms with Crippen molar-refractivity contribution in [3.05, 3.63) is 41.7 Å². The van der Waals surface area contributed by atoms with Crippen LogP contribution in [0.5, 0.6) is 0 Å². The van der Waals surface area contributed by atoms with Crippen molar-refractivity contribution in [3.63, 3.8) is 0 Å². The fraction of sp³-hybridized carbons (Fsp3) is 0.660. The van der Waals surface area contributed by atoms with Gasteiger partial charge < -0.3 is 43.4 Å². The second-order valence-electron chi connectivity index (χ2n) is 19.6. The number of nitrogens with zero attached hydrogens (tertiary/aromatic N) is 6. The summed E-state index contributed by atoms with van der Waals surface area (Å²) in [7, 11) is 1.73. The van der Waals surface area contributed by atoms with Gasteiger partial charge in [-0.25, -0.2) is 10.2 Å². The number of esters is 1. The van der Waals surface area contributed by atoms with Crippen molar-refractivity contribution in [2.45, 2.75) is 117 Å². The summed E-state index contributed by atoms with van der Waals surface area (Å²) in [6.07, 6.45) is 2.58. The van der Waals surface area contributed by atoms with Crippen molar-refractivity contribution < 1.29 is 38.1 Å². The van der Waals surface area contributed by atoms with E-state index in [1.807, 2.05) is 6.20 Å². The van der Waals surface area contributed by atoms with Crippen molar-refractivity contribution in [3.8, 4) is 11.3 Å². The lowest BCUT2D eigenvalue weighted by Crippen LogP contribution is -2.61. The highest BCUT2D eigenvalue weighted by molar-refractivity contribution is 5.95. The molecule has 2 aromatic heterocycles. The summed E-state index contributed by atoms with van der Waals surface area (Å²) in [5, 5.41) is 5.41. The molecule has 8 rings (SSSR count). The zero-order valence-electron chi connectivity index (χ0n) is 38.5. The molecule has 1 aromatic carbocycles. The molecule has 6 bridgehead atoms. The molecule has 5 aliphatic rings. The molecule has 0 aliphatic carbocycles. The summed E-state index contributed by atoms with van der Waals surface area (Å²) < 4.78 is 32.4. The largest absolute Gasteiger partial charge is 0.464 e. The number of pyridine rings is 1. The molecule has 5 aliphatic heterocycles. The Bertz CT molecular complexity index is 2150. The molecular weight excluding hydrogens is 805 g/mol. The molecule has 0 saturated carbocycles. The monoisotopic (exact) mass is 873 g/mol. The van der Waals surface area contributed by atoms with Gasteiger partial charge in [-0.1, -0.05) is 13.8 Å². The van der Waals surface area contributed by atoms with E-state index in [0.29, 0.717) is 58.1 Å². The molecule has 16 nitrogen and oxygen atoms in total. The lowest BCUT2D eigenvalue weighted by atomic mass is 9.84. The van der Waals surface area contributed by atoms with Gasteiger partial charge >= 0.3 is 12.1 Å². The van der Waals surface area contributed by atoms with Crippen LogP contribution in [0, 0.1) is 5.41 Å². The average Bonchev–Trinajstić information content (AvgIpc) is 3.57. The first kappa shape index (κ1) is 45.1. The molecule has 7 heterocycles. The van der Waals surface area contributed by atoms with E-state index in [1.165, 1.54) is 5.01 Å². The van der Waals surface area contributed by atoms with E-state index in [9.17, 15) is 14.4 Å². The minimum absolute atomic E-state index is 0.164. The molecule has 63 heavy (non-hydrogen) atoms. The Labute approximate surface area is 371 Å². The van der Waals surface area contributed by atoms with Gasteiger partial charge in [-0.05, 0) is 83.7 Å². The fourth-order valence-electron chi connectivity index (χ4n) is 9.90. The summed E-state index contributed by atoms with van der Waals surface area (Å²) in [6, 6.07) is 7.63. The number of morpholine rings is 2. The number of alkyl carbamates (subject to hydrolysis) is 1. The van der Waals surface area contributed by atoms with E-state index in [1.54, 1.807) is 27.9 Å². The normalized spacial score (nSPS) is 25.6. The molecule has 2 amide bonds. The SMILES string of the molecule is CCn1c(-c2cc(N3CCN4CCOC[C@@H]4C3)cnc2[C@H](C)OC)c2c3cc(ccc31)N1CCO[C@@H](C[C@H](NC(=O)OC(C)(C)C)C(=O)N3CCC[C@H](N3)C(=O)OCC(C)(C)C2)C1. The summed E-state index contributed by atoms with van der Waals surface area (Å²) in [6.45, 7) is 22.0. The highest BCUT2D eigenvalue weighted by Gasteiger charge is 2.38. The van der Waals surface area contributed by atoms with Crippen molar-refractivity contribution >= 4 is 40.2 Å². The van der Waals surface area contributed by atoms with Gasteiger partial charge in [0, 0.05) is 93.5 Å². The van der Waals surface area contributed by atoms with Crippen molar-refractivity contribution in [1.82, 2.24) is 30.2 Å². The number of amides is 2. The van der Waals surface area contributed by atoms with Crippen LogP contribution in [0.3, 0.4) is 0 Å². The van der Waals surface area contributed by atoms with Gasteiger partial charge in [0.15, 0.2) is 0 Å². The number of fused-ring (bicyclic) bond motifs is 7. The topological polar surface area (TPSA) is 152 Å². The van der Waals surface area contributed by atoms with E-state index in [0.717, 1.165) is 84.2 Å². The van der Waals surface area contributed by atoms with Crippen LogP contribution in [0.25, 0.3) is 22.2 Å². The number of piperazine rings is 1. The smallest absolute Gasteiger partial charge is 0.408 e. The van der Waals surface area contributed by atoms with Crippen LogP contribution in [0.1, 0.15) is 85.1 Å². The van der Waals surface area contributed by atoms with Crippen LogP contribution < -0.4 is 20.5 Å². The Kier molecular flexibility index (Phi) is 13.3. The lowest BCUT2D eigenvalue weighted by molar-refractivity contribution is -0.155. The van der Waals surface area contributed by atoms with Crippen LogP contribution in [-0.2, 0) is 46.2 Å². The molecule has 4 saturated heterocycles. The Morgan fingerprint density at radius 1 is 1.05 bits per heavy atom. The van der Waals surface area contributed by atoms with Crippen molar-refractivity contribution in [2.75, 3.05) is 89.2 Å². The Balaban J connectivity index is 1.22. The quantitative estimate of drug-likeness (QED) is 0.318. The standard InChI is InChI=1S/C47H68N8O8/c1-9-54-40-13-12-31-21-35(40)37(42(54)36-22-32(25-48-41(36)30(2)59-8)52-16-15-51-17-19-60-28-33(51)26-52)24-47(6,7)29-62-44(57)38-11-10-14-55(50-38)43(56)39(49-45(58)63-46(3,4)5)23-34-27-53(31)18-20-61-34/h12-13,21-22,25,30,33-34,38-39,50H,9-11,14-20,23-24,26-29H2,1-8H3,(H,49,58)/t30-,33-,34-,38-,39-/m0/s1. The van der Waals surface area contributed by atoms with Crippen LogP contribution in [0.4, 0.5) is 16.2 Å². The third kappa shape index (κ3) is 9.95. The van der Waals surface area contributed by atoms with Crippen LogP contribution >= 0.6 is 0 Å². The predicted molar refractivity (Wildman–Crippen MR) is 241 cm³/mol. The molecule has 16 heteroatoms. The van der Waals surface area contributed by atoms with Crippen LogP contribution in [0.2, 0.25) is 0 Å². The minimum atomic E-state index is -0.965. The summed E-state index contributed by atoms with van der Waals surface area (Å²) in [5.74, 6) is -0.773. The number of aromatic nitrogens is 2. The molecule has 0 spiro atoms. The lowest BCUT2D eigenvalue weighted by Gasteiger charge is -2.44. The molecule has 2 N–H and O–H groups in total. The summed E-state index contributed by atoms with van der Waals surface area (Å²) in [4.78, 5) is 53.8. The second-order valence-corrected chi connectivity index (χ2v) is 19.6. The zero-order chi connectivity index (χ0) is 44.6. The number of aryl methyl sites for hydroxylation is 1. The number of anilines is 2. The van der Waals surface area contributed by atoms with Gasteiger partial charge in [0.2, 0.25) is 0 Å². The molecule has 3 aromatic rings. The maximum atomic E-state index is 14.2. The van der Waals surface area contributed by atoms with Crippen LogP contribution in [-0.4, -0.2) is 147 Å². The highest BCUT2D eigenvalue weighted by Crippen LogP contribution is 2.43. The summed E-state index contributed by atoms with van der Waals surface area (Å²) in [5.41, 5.74) is 9.25. The number of cyclic esters (lactones) is 1. The highest BCUT2D eigenvalue weighted by atomic mass is 16.6. The van der Waals surface area contributed by atoms with E-state index < -0.39 is 35.2 Å². The Morgan fingerprint density at radius 2 is 1.86 bits per heavy atom. The number of benzene rings is 1. The predicted octanol–water partition coefficient (Wildman–Crippen LogP) is 5.06. The second kappa shape index (κ2) is 18.6. The molecule has 4 fully saturated rings. The molecule has 5 atom stereocenters. The minimum Gasteiger partial charge on any atom is -0.464 e. The third-order valence-corrected chi connectivity index (χ3v) is 13.2. The number of rotatable bonds is 6. The Morgan fingerprint density at radius 3 is 2.63 bits per heavy atom. The summed E-state index contributed by atoms with van der Waals surface area (Å²) >= 11 is 0. The van der Waals surface area contributed by atoms with E-state index >= 15 is 0 Å². The fourth-order valence-corrected chi connectivity index (χ4v) is 9.90. The molecular formula is C47H68N8O8. The zero-order valence-corrected chi connectivity index (χ0v) is 38.5. The number of methoxy groups -OCH3 is 1. The van der Waals surface area contributed by atoms with E-state index in [2.05, 4.69) is 82.0 Å². The molecule has 0 radical (unpaired) electrons. The van der Waals surface area contributed by atoms with Crippen molar-refractivity contribution in [2.24, 2.45) is 5.41 Å². The number of hydrogen-bond donors (Lipinski definition) is 2. The maximum Gasteiger partial charge on any atom is 0.408 e. The first-order valence-corrected chi connectivity index (χ1v) is 23.0. The average molecular weight is 873 g/mol. The van der Waals surface area contributed by atoms with Gasteiger partial charge in [-0.2, -0.15) is 0 Å².